The summed E-state index contributed by atoms with van der Waals surface area (Å²) in [6, 6.07) is 6.90. The number of anilines is 1. The Morgan fingerprint density at radius 2 is 1.81 bits per heavy atom. The minimum atomic E-state index is -3.17. The fourth-order valence-electron chi connectivity index (χ4n) is 2.64. The molecule has 1 fully saturated rings. The number of carboxylic acids is 1. The van der Waals surface area contributed by atoms with Gasteiger partial charge >= 0.3 is 5.97 Å². The predicted molar refractivity (Wildman–Crippen MR) is 81.4 cm³/mol. The highest BCUT2D eigenvalue weighted by molar-refractivity contribution is 7.91. The van der Waals surface area contributed by atoms with Crippen molar-refractivity contribution < 1.29 is 18.3 Å². The summed E-state index contributed by atoms with van der Waals surface area (Å²) in [6.07, 6.45) is 1.86. The van der Waals surface area contributed by atoms with Gasteiger partial charge in [-0.1, -0.05) is 6.92 Å². The molecule has 0 bridgehead atoms. The first-order chi connectivity index (χ1) is 9.94. The summed E-state index contributed by atoms with van der Waals surface area (Å²) in [7, 11) is -3.17. The molecule has 0 saturated carbocycles. The van der Waals surface area contributed by atoms with Gasteiger partial charge in [0.15, 0.2) is 9.84 Å². The Morgan fingerprint density at radius 3 is 2.29 bits per heavy atom. The van der Waals surface area contributed by atoms with Crippen LogP contribution in [0.5, 0.6) is 0 Å². The smallest absolute Gasteiger partial charge is 0.306 e. The molecule has 1 aromatic carbocycles. The number of hydrogen-bond acceptors (Lipinski definition) is 4. The number of carboxylic acid groups (broad SMARTS) is 1. The lowest BCUT2D eigenvalue weighted by molar-refractivity contribution is -0.142. The maximum Gasteiger partial charge on any atom is 0.306 e. The van der Waals surface area contributed by atoms with Crippen molar-refractivity contribution in [3.05, 3.63) is 24.3 Å². The van der Waals surface area contributed by atoms with Crippen molar-refractivity contribution in [2.24, 2.45) is 5.92 Å². The zero-order chi connectivity index (χ0) is 15.5. The molecule has 116 valence electrons. The lowest BCUT2D eigenvalue weighted by atomic mass is 9.97. The van der Waals surface area contributed by atoms with E-state index in [1.807, 2.05) is 19.1 Å². The lowest BCUT2D eigenvalue weighted by Crippen LogP contribution is -2.36. The Morgan fingerprint density at radius 1 is 1.24 bits per heavy atom. The second kappa shape index (κ2) is 6.47. The van der Waals surface area contributed by atoms with Crippen LogP contribution in [0.3, 0.4) is 0 Å². The quantitative estimate of drug-likeness (QED) is 0.902. The summed E-state index contributed by atoms with van der Waals surface area (Å²) in [5, 5.41) is 8.99. The van der Waals surface area contributed by atoms with Crippen LogP contribution in [-0.2, 0) is 14.6 Å². The average molecular weight is 311 g/mol. The van der Waals surface area contributed by atoms with Gasteiger partial charge < -0.3 is 10.0 Å². The van der Waals surface area contributed by atoms with Crippen molar-refractivity contribution in [2.75, 3.05) is 23.7 Å². The van der Waals surface area contributed by atoms with E-state index < -0.39 is 15.8 Å². The number of hydrogen-bond donors (Lipinski definition) is 1. The van der Waals surface area contributed by atoms with Crippen LogP contribution in [-0.4, -0.2) is 38.3 Å². The molecular weight excluding hydrogens is 290 g/mol. The zero-order valence-electron chi connectivity index (χ0n) is 12.2. The molecule has 0 amide bonds. The number of benzene rings is 1. The predicted octanol–water partition coefficient (Wildman–Crippen LogP) is 2.17. The second-order valence-electron chi connectivity index (χ2n) is 5.41. The van der Waals surface area contributed by atoms with Crippen LogP contribution < -0.4 is 4.90 Å². The highest BCUT2D eigenvalue weighted by atomic mass is 32.2. The number of nitrogens with zero attached hydrogens (tertiary/aromatic N) is 1. The Balaban J connectivity index is 2.05. The van der Waals surface area contributed by atoms with E-state index in [1.54, 1.807) is 12.1 Å². The van der Waals surface area contributed by atoms with Crippen LogP contribution >= 0.6 is 0 Å². The van der Waals surface area contributed by atoms with E-state index in [0.717, 1.165) is 5.69 Å². The van der Waals surface area contributed by atoms with Gasteiger partial charge in [-0.05, 0) is 43.5 Å². The molecule has 0 spiro atoms. The molecule has 0 atom stereocenters. The van der Waals surface area contributed by atoms with Crippen molar-refractivity contribution in [3.8, 4) is 0 Å². The number of carbonyl (C=O) groups is 1. The maximum absolute atomic E-state index is 12.0. The summed E-state index contributed by atoms with van der Waals surface area (Å²) < 4.78 is 23.9. The van der Waals surface area contributed by atoms with Gasteiger partial charge in [-0.3, -0.25) is 4.79 Å². The molecule has 0 unspecified atom stereocenters. The zero-order valence-corrected chi connectivity index (χ0v) is 13.0. The van der Waals surface area contributed by atoms with E-state index in [9.17, 15) is 13.2 Å². The van der Waals surface area contributed by atoms with Crippen LogP contribution in [0.15, 0.2) is 29.2 Å². The first kappa shape index (κ1) is 15.8. The summed E-state index contributed by atoms with van der Waals surface area (Å²) in [6.45, 7) is 3.23. The molecule has 21 heavy (non-hydrogen) atoms. The molecular formula is C15H21NO4S. The van der Waals surface area contributed by atoms with Gasteiger partial charge in [0.05, 0.1) is 16.6 Å². The maximum atomic E-state index is 12.0. The van der Waals surface area contributed by atoms with Gasteiger partial charge in [0.25, 0.3) is 0 Å². The summed E-state index contributed by atoms with van der Waals surface area (Å²) >= 11 is 0. The van der Waals surface area contributed by atoms with Gasteiger partial charge in [-0.15, -0.1) is 0 Å². The van der Waals surface area contributed by atoms with E-state index in [0.29, 0.717) is 37.2 Å². The number of aliphatic carboxylic acids is 1. The third kappa shape index (κ3) is 3.75. The Kier molecular flexibility index (Phi) is 4.88. The molecule has 1 aromatic rings. The standard InChI is InChI=1S/C15H21NO4S/c1-2-11-21(19,20)14-5-3-13(4-6-14)16-9-7-12(8-10-16)15(17)18/h3-6,12H,2,7-11H2,1H3,(H,17,18). The Labute approximate surface area is 125 Å². The first-order valence-corrected chi connectivity index (χ1v) is 8.90. The SMILES string of the molecule is CCCS(=O)(=O)c1ccc(N2CCC(C(=O)O)CC2)cc1. The highest BCUT2D eigenvalue weighted by Gasteiger charge is 2.24. The number of sulfone groups is 1. The summed E-state index contributed by atoms with van der Waals surface area (Å²) in [5.41, 5.74) is 0.953. The Bertz CT molecular complexity index is 587. The molecule has 1 aliphatic rings. The van der Waals surface area contributed by atoms with Gasteiger partial charge in [-0.25, -0.2) is 8.42 Å². The third-order valence-electron chi connectivity index (χ3n) is 3.88. The minimum Gasteiger partial charge on any atom is -0.481 e. The molecule has 1 heterocycles. The minimum absolute atomic E-state index is 0.163. The molecule has 1 saturated heterocycles. The van der Waals surface area contributed by atoms with Gasteiger partial charge in [-0.2, -0.15) is 0 Å². The van der Waals surface area contributed by atoms with Crippen molar-refractivity contribution in [1.82, 2.24) is 0 Å². The topological polar surface area (TPSA) is 74.7 Å². The monoisotopic (exact) mass is 311 g/mol. The molecule has 0 aliphatic carbocycles. The molecule has 5 nitrogen and oxygen atoms in total. The summed E-state index contributed by atoms with van der Waals surface area (Å²) in [4.78, 5) is 13.4. The van der Waals surface area contributed by atoms with E-state index in [1.165, 1.54) is 0 Å². The first-order valence-electron chi connectivity index (χ1n) is 7.24. The van der Waals surface area contributed by atoms with Crippen LogP contribution in [0.4, 0.5) is 5.69 Å². The van der Waals surface area contributed by atoms with Gasteiger partial charge in [0.1, 0.15) is 0 Å². The summed E-state index contributed by atoms with van der Waals surface area (Å²) in [5.74, 6) is -0.822. The van der Waals surface area contributed by atoms with Crippen LogP contribution in [0.1, 0.15) is 26.2 Å². The van der Waals surface area contributed by atoms with Gasteiger partial charge in [0, 0.05) is 18.8 Å². The fraction of sp³-hybridized carbons (Fsp3) is 0.533. The number of rotatable bonds is 5. The average Bonchev–Trinajstić information content (AvgIpc) is 2.47. The van der Waals surface area contributed by atoms with E-state index in [2.05, 4.69) is 4.90 Å². The van der Waals surface area contributed by atoms with Crippen LogP contribution in [0.25, 0.3) is 0 Å². The van der Waals surface area contributed by atoms with Crippen LogP contribution in [0, 0.1) is 5.92 Å². The fourth-order valence-corrected chi connectivity index (χ4v) is 3.96. The highest BCUT2D eigenvalue weighted by Crippen LogP contribution is 2.25. The van der Waals surface area contributed by atoms with E-state index >= 15 is 0 Å². The van der Waals surface area contributed by atoms with E-state index in [4.69, 9.17) is 5.11 Å². The second-order valence-corrected chi connectivity index (χ2v) is 7.52. The third-order valence-corrected chi connectivity index (χ3v) is 5.81. The molecule has 1 aliphatic heterocycles. The molecule has 0 radical (unpaired) electrons. The number of piperidine rings is 1. The van der Waals surface area contributed by atoms with Crippen molar-refractivity contribution in [3.63, 3.8) is 0 Å². The molecule has 0 aromatic heterocycles. The van der Waals surface area contributed by atoms with Crippen molar-refractivity contribution in [2.45, 2.75) is 31.1 Å². The molecule has 1 N–H and O–H groups in total. The lowest BCUT2D eigenvalue weighted by Gasteiger charge is -2.32. The van der Waals surface area contributed by atoms with Crippen molar-refractivity contribution >= 4 is 21.5 Å². The molecule has 6 heteroatoms. The van der Waals surface area contributed by atoms with Crippen LogP contribution in [0.2, 0.25) is 0 Å². The normalized spacial score (nSPS) is 16.9. The largest absolute Gasteiger partial charge is 0.481 e. The van der Waals surface area contributed by atoms with Gasteiger partial charge in [0.2, 0.25) is 0 Å². The Hall–Kier alpha value is -1.56. The molecule has 2 rings (SSSR count). The van der Waals surface area contributed by atoms with E-state index in [-0.39, 0.29) is 11.7 Å². The van der Waals surface area contributed by atoms with Crippen molar-refractivity contribution in [1.29, 1.82) is 0 Å².